The standard InChI is InChI=1S/C16H25F2N3O/c1-11(2)12(3)21-16(19-4)20-9-13-6-5-7-14(8-13)22-10-15(17)18/h5-8,11-12,15H,9-10H2,1-4H3,(H2,19,20,21). The number of nitrogens with zero attached hydrogens (tertiary/aromatic N) is 1. The third-order valence-corrected chi connectivity index (χ3v) is 3.32. The number of halogens is 2. The van der Waals surface area contributed by atoms with Crippen LogP contribution in [-0.2, 0) is 6.54 Å². The smallest absolute Gasteiger partial charge is 0.272 e. The van der Waals surface area contributed by atoms with Crippen LogP contribution < -0.4 is 15.4 Å². The summed E-state index contributed by atoms with van der Waals surface area (Å²) in [6.45, 7) is 6.31. The molecule has 0 aliphatic heterocycles. The van der Waals surface area contributed by atoms with Crippen LogP contribution in [0.4, 0.5) is 8.78 Å². The number of rotatable bonds is 7. The first-order valence-corrected chi connectivity index (χ1v) is 7.39. The Morgan fingerprint density at radius 2 is 2.00 bits per heavy atom. The van der Waals surface area contributed by atoms with Gasteiger partial charge in [0.2, 0.25) is 0 Å². The minimum atomic E-state index is -2.47. The third kappa shape index (κ3) is 6.74. The predicted molar refractivity (Wildman–Crippen MR) is 85.6 cm³/mol. The number of aliphatic imine (C=N–C) groups is 1. The molecular formula is C16H25F2N3O. The molecule has 124 valence electrons. The zero-order valence-corrected chi connectivity index (χ0v) is 13.6. The van der Waals surface area contributed by atoms with Crippen LogP contribution in [0.15, 0.2) is 29.3 Å². The van der Waals surface area contributed by atoms with E-state index in [0.29, 0.717) is 30.2 Å². The fourth-order valence-electron chi connectivity index (χ4n) is 1.67. The van der Waals surface area contributed by atoms with Gasteiger partial charge in [0.25, 0.3) is 6.43 Å². The van der Waals surface area contributed by atoms with Crippen molar-refractivity contribution < 1.29 is 13.5 Å². The van der Waals surface area contributed by atoms with Crippen LogP contribution in [0.25, 0.3) is 0 Å². The Hall–Kier alpha value is -1.85. The monoisotopic (exact) mass is 313 g/mol. The molecule has 0 radical (unpaired) electrons. The second-order valence-corrected chi connectivity index (χ2v) is 5.45. The van der Waals surface area contributed by atoms with Gasteiger partial charge in [-0.2, -0.15) is 0 Å². The zero-order chi connectivity index (χ0) is 16.5. The molecule has 0 aromatic heterocycles. The Balaban J connectivity index is 2.54. The maximum Gasteiger partial charge on any atom is 0.272 e. The van der Waals surface area contributed by atoms with Gasteiger partial charge in [-0.05, 0) is 30.5 Å². The molecule has 0 saturated heterocycles. The first-order valence-electron chi connectivity index (χ1n) is 7.39. The molecule has 22 heavy (non-hydrogen) atoms. The van der Waals surface area contributed by atoms with E-state index in [-0.39, 0.29) is 0 Å². The molecule has 2 N–H and O–H groups in total. The van der Waals surface area contributed by atoms with Gasteiger partial charge in [-0.15, -0.1) is 0 Å². The summed E-state index contributed by atoms with van der Waals surface area (Å²) in [6.07, 6.45) is -2.47. The van der Waals surface area contributed by atoms with E-state index in [1.807, 2.05) is 6.07 Å². The number of benzene rings is 1. The third-order valence-electron chi connectivity index (χ3n) is 3.32. The first kappa shape index (κ1) is 18.2. The SMILES string of the molecule is CN=C(NCc1cccc(OCC(F)F)c1)NC(C)C(C)C. The van der Waals surface area contributed by atoms with Gasteiger partial charge in [0.05, 0.1) is 0 Å². The van der Waals surface area contributed by atoms with Gasteiger partial charge < -0.3 is 15.4 Å². The van der Waals surface area contributed by atoms with Crippen LogP contribution >= 0.6 is 0 Å². The number of hydrogen-bond donors (Lipinski definition) is 2. The van der Waals surface area contributed by atoms with Crippen molar-refractivity contribution in [1.82, 2.24) is 10.6 Å². The van der Waals surface area contributed by atoms with Gasteiger partial charge >= 0.3 is 0 Å². The van der Waals surface area contributed by atoms with Crippen molar-refractivity contribution in [3.63, 3.8) is 0 Å². The van der Waals surface area contributed by atoms with Crippen LogP contribution in [0.2, 0.25) is 0 Å². The minimum absolute atomic E-state index is 0.298. The summed E-state index contributed by atoms with van der Waals surface area (Å²) in [5, 5.41) is 6.50. The molecule has 0 amide bonds. The highest BCUT2D eigenvalue weighted by molar-refractivity contribution is 5.79. The molecular weight excluding hydrogens is 288 g/mol. The summed E-state index contributed by atoms with van der Waals surface area (Å²) in [7, 11) is 1.71. The predicted octanol–water partition coefficient (Wildman–Crippen LogP) is 3.04. The average Bonchev–Trinajstić information content (AvgIpc) is 2.49. The van der Waals surface area contributed by atoms with E-state index in [2.05, 4.69) is 36.4 Å². The Bertz CT molecular complexity index is 478. The Morgan fingerprint density at radius 3 is 2.59 bits per heavy atom. The number of guanidine groups is 1. The highest BCUT2D eigenvalue weighted by atomic mass is 19.3. The van der Waals surface area contributed by atoms with Crippen molar-refractivity contribution in [3.8, 4) is 5.75 Å². The fraction of sp³-hybridized carbons (Fsp3) is 0.562. The van der Waals surface area contributed by atoms with Gasteiger partial charge in [0, 0.05) is 19.6 Å². The lowest BCUT2D eigenvalue weighted by Gasteiger charge is -2.20. The summed E-state index contributed by atoms with van der Waals surface area (Å²) in [6, 6.07) is 7.40. The molecule has 0 saturated carbocycles. The fourth-order valence-corrected chi connectivity index (χ4v) is 1.67. The van der Waals surface area contributed by atoms with Gasteiger partial charge in [0.1, 0.15) is 12.4 Å². The van der Waals surface area contributed by atoms with E-state index < -0.39 is 13.0 Å². The van der Waals surface area contributed by atoms with Crippen molar-refractivity contribution in [2.75, 3.05) is 13.7 Å². The van der Waals surface area contributed by atoms with Crippen molar-refractivity contribution in [2.45, 2.75) is 39.8 Å². The summed E-state index contributed by atoms with van der Waals surface area (Å²) in [4.78, 5) is 4.17. The average molecular weight is 313 g/mol. The van der Waals surface area contributed by atoms with E-state index in [1.165, 1.54) is 0 Å². The van der Waals surface area contributed by atoms with Crippen molar-refractivity contribution in [2.24, 2.45) is 10.9 Å². The highest BCUT2D eigenvalue weighted by Crippen LogP contribution is 2.14. The maximum absolute atomic E-state index is 12.1. The van der Waals surface area contributed by atoms with Crippen LogP contribution in [0.1, 0.15) is 26.3 Å². The molecule has 6 heteroatoms. The molecule has 1 aromatic rings. The number of alkyl halides is 2. The van der Waals surface area contributed by atoms with Crippen molar-refractivity contribution in [1.29, 1.82) is 0 Å². The quantitative estimate of drug-likeness (QED) is 0.601. The number of nitrogens with one attached hydrogen (secondary N) is 2. The van der Waals surface area contributed by atoms with Gasteiger partial charge in [-0.1, -0.05) is 26.0 Å². The van der Waals surface area contributed by atoms with Crippen molar-refractivity contribution in [3.05, 3.63) is 29.8 Å². The molecule has 4 nitrogen and oxygen atoms in total. The summed E-state index contributed by atoms with van der Waals surface area (Å²) in [5.41, 5.74) is 0.937. The maximum atomic E-state index is 12.1. The normalized spacial score (nSPS) is 13.4. The second kappa shape index (κ2) is 9.23. The summed E-state index contributed by atoms with van der Waals surface area (Å²) in [5.74, 6) is 1.64. The van der Waals surface area contributed by atoms with Crippen molar-refractivity contribution >= 4 is 5.96 Å². The van der Waals surface area contributed by atoms with Crippen LogP contribution in [-0.4, -0.2) is 32.1 Å². The molecule has 0 aliphatic rings. The second-order valence-electron chi connectivity index (χ2n) is 5.45. The Labute approximate surface area is 131 Å². The molecule has 1 unspecified atom stereocenters. The van der Waals surface area contributed by atoms with Crippen LogP contribution in [0.5, 0.6) is 5.75 Å². The first-order chi connectivity index (χ1) is 10.4. The molecule has 0 fully saturated rings. The van der Waals surface area contributed by atoms with Crippen LogP contribution in [0, 0.1) is 5.92 Å². The molecule has 1 aromatic carbocycles. The molecule has 0 bridgehead atoms. The largest absolute Gasteiger partial charge is 0.488 e. The van der Waals surface area contributed by atoms with E-state index >= 15 is 0 Å². The lowest BCUT2D eigenvalue weighted by atomic mass is 10.1. The van der Waals surface area contributed by atoms with E-state index in [9.17, 15) is 8.78 Å². The van der Waals surface area contributed by atoms with E-state index in [0.717, 1.165) is 5.56 Å². The van der Waals surface area contributed by atoms with Gasteiger partial charge in [-0.3, -0.25) is 4.99 Å². The highest BCUT2D eigenvalue weighted by Gasteiger charge is 2.09. The topological polar surface area (TPSA) is 45.7 Å². The van der Waals surface area contributed by atoms with E-state index in [4.69, 9.17) is 4.74 Å². The Morgan fingerprint density at radius 1 is 1.27 bits per heavy atom. The summed E-state index contributed by atoms with van der Waals surface area (Å²) < 4.78 is 29.3. The van der Waals surface area contributed by atoms with Crippen LogP contribution in [0.3, 0.4) is 0 Å². The number of hydrogen-bond acceptors (Lipinski definition) is 2. The van der Waals surface area contributed by atoms with E-state index in [1.54, 1.807) is 25.2 Å². The number of ether oxygens (including phenoxy) is 1. The lowest BCUT2D eigenvalue weighted by Crippen LogP contribution is -2.43. The minimum Gasteiger partial charge on any atom is -0.488 e. The summed E-state index contributed by atoms with van der Waals surface area (Å²) >= 11 is 0. The zero-order valence-electron chi connectivity index (χ0n) is 13.6. The molecule has 1 rings (SSSR count). The van der Waals surface area contributed by atoms with Gasteiger partial charge in [0.15, 0.2) is 5.96 Å². The lowest BCUT2D eigenvalue weighted by molar-refractivity contribution is 0.0818. The molecule has 1 atom stereocenters. The molecule has 0 heterocycles. The van der Waals surface area contributed by atoms with Gasteiger partial charge in [-0.25, -0.2) is 8.78 Å². The molecule has 0 aliphatic carbocycles. The Kier molecular flexibility index (Phi) is 7.63. The molecule has 0 spiro atoms.